The first-order chi connectivity index (χ1) is 14.0. The molecule has 9 nitrogen and oxygen atoms in total. The summed E-state index contributed by atoms with van der Waals surface area (Å²) in [6.45, 7) is 0.745. The Morgan fingerprint density at radius 3 is 2.90 bits per heavy atom. The van der Waals surface area contributed by atoms with Gasteiger partial charge in [-0.05, 0) is 54.4 Å². The number of hydrogen-bond acceptors (Lipinski definition) is 5. The lowest BCUT2D eigenvalue weighted by Crippen LogP contribution is -2.32. The minimum absolute atomic E-state index is 0.119. The SMILES string of the molecule is CO[C@H]1COc2c([S@@](N)(=O)=NC(=O)Nc3c4c(cc5c3CC5)CCC4)cnn2C1. The van der Waals surface area contributed by atoms with Crippen LogP contribution in [-0.4, -0.2) is 39.8 Å². The molecule has 1 aromatic carbocycles. The molecule has 154 valence electrons. The van der Waals surface area contributed by atoms with Crippen LogP contribution in [0.2, 0.25) is 0 Å². The van der Waals surface area contributed by atoms with Gasteiger partial charge in [0.05, 0.1) is 12.7 Å². The normalized spacial score (nSPS) is 21.1. The molecule has 1 aromatic heterocycles. The second-order valence-corrected chi connectivity index (χ2v) is 9.40. The van der Waals surface area contributed by atoms with Crippen LogP contribution in [0.3, 0.4) is 0 Å². The maximum atomic E-state index is 13.1. The molecule has 0 saturated heterocycles. The molecule has 0 spiro atoms. The summed E-state index contributed by atoms with van der Waals surface area (Å²) >= 11 is 0. The van der Waals surface area contributed by atoms with Crippen LogP contribution in [0.5, 0.6) is 5.88 Å². The number of nitrogens with zero attached hydrogens (tertiary/aromatic N) is 3. The van der Waals surface area contributed by atoms with Gasteiger partial charge in [0, 0.05) is 12.8 Å². The lowest BCUT2D eigenvalue weighted by Gasteiger charge is -2.25. The Hall–Kier alpha value is -2.43. The van der Waals surface area contributed by atoms with Crippen molar-refractivity contribution in [3.05, 3.63) is 34.5 Å². The van der Waals surface area contributed by atoms with Gasteiger partial charge in [-0.1, -0.05) is 6.07 Å². The summed E-state index contributed by atoms with van der Waals surface area (Å²) in [5, 5.41) is 13.0. The third-order valence-corrected chi connectivity index (χ3v) is 7.23. The molecule has 0 bridgehead atoms. The number of amides is 2. The molecular formula is C19H23N5O4S. The van der Waals surface area contributed by atoms with Gasteiger partial charge in [-0.15, -0.1) is 4.36 Å². The van der Waals surface area contributed by atoms with Crippen molar-refractivity contribution >= 4 is 21.6 Å². The summed E-state index contributed by atoms with van der Waals surface area (Å²) in [7, 11) is -1.92. The second-order valence-electron chi connectivity index (χ2n) is 7.64. The lowest BCUT2D eigenvalue weighted by molar-refractivity contribution is 0.0165. The number of methoxy groups -OCH3 is 1. The standard InChI is InChI=1S/C19H23N5O4S/c1-27-13-9-24-18(28-10-13)16(8-21-24)29(20,26)23-19(25)22-17-14-4-2-3-11(14)7-12-5-6-15(12)17/h7-8,13H,2-6,9-10H2,1H3,(H3,20,22,23,25,26)/t13-,29+/m1/s1. The zero-order chi connectivity index (χ0) is 20.2. The van der Waals surface area contributed by atoms with Crippen molar-refractivity contribution in [1.82, 2.24) is 9.78 Å². The molecule has 0 unspecified atom stereocenters. The molecule has 2 aromatic rings. The number of urea groups is 1. The van der Waals surface area contributed by atoms with Gasteiger partial charge in [-0.25, -0.2) is 18.8 Å². The molecule has 3 aliphatic rings. The van der Waals surface area contributed by atoms with E-state index in [0.717, 1.165) is 43.4 Å². The number of carbonyl (C=O) groups excluding carboxylic acids is 1. The van der Waals surface area contributed by atoms with Crippen LogP contribution < -0.4 is 15.2 Å². The number of ether oxygens (including phenoxy) is 2. The number of anilines is 1. The molecule has 1 aliphatic heterocycles. The average molecular weight is 417 g/mol. The van der Waals surface area contributed by atoms with E-state index in [1.165, 1.54) is 27.6 Å². The monoisotopic (exact) mass is 417 g/mol. The van der Waals surface area contributed by atoms with Crippen LogP contribution in [0.4, 0.5) is 10.5 Å². The molecule has 10 heteroatoms. The van der Waals surface area contributed by atoms with Crippen molar-refractivity contribution < 1.29 is 18.5 Å². The highest BCUT2D eigenvalue weighted by atomic mass is 32.2. The number of aromatic nitrogens is 2. The molecule has 2 aliphatic carbocycles. The first-order valence-electron chi connectivity index (χ1n) is 9.70. The maximum Gasteiger partial charge on any atom is 0.354 e. The zero-order valence-electron chi connectivity index (χ0n) is 16.1. The Balaban J connectivity index is 1.44. The summed E-state index contributed by atoms with van der Waals surface area (Å²) in [5.41, 5.74) is 5.74. The quantitative estimate of drug-likeness (QED) is 0.789. The molecule has 0 fully saturated rings. The molecule has 2 amide bonds. The summed E-state index contributed by atoms with van der Waals surface area (Å²) in [6.07, 6.45) is 6.19. The number of carbonyl (C=O) groups is 1. The number of hydrogen-bond donors (Lipinski definition) is 2. The van der Waals surface area contributed by atoms with E-state index >= 15 is 0 Å². The Morgan fingerprint density at radius 1 is 1.34 bits per heavy atom. The van der Waals surface area contributed by atoms with Crippen molar-refractivity contribution in [3.63, 3.8) is 0 Å². The predicted molar refractivity (Wildman–Crippen MR) is 106 cm³/mol. The van der Waals surface area contributed by atoms with Gasteiger partial charge in [0.15, 0.2) is 9.92 Å². The Morgan fingerprint density at radius 2 is 2.14 bits per heavy atom. The Labute approximate surface area is 168 Å². The van der Waals surface area contributed by atoms with E-state index < -0.39 is 15.9 Å². The molecule has 3 N–H and O–H groups in total. The molecule has 0 radical (unpaired) electrons. The Kier molecular flexibility index (Phi) is 4.37. The van der Waals surface area contributed by atoms with Gasteiger partial charge in [-0.3, -0.25) is 0 Å². The van der Waals surface area contributed by atoms with Gasteiger partial charge in [-0.2, -0.15) is 5.10 Å². The largest absolute Gasteiger partial charge is 0.474 e. The number of nitrogens with two attached hydrogens (primary N) is 1. The maximum absolute atomic E-state index is 13.1. The summed E-state index contributed by atoms with van der Waals surface area (Å²) < 4.78 is 29.3. The molecule has 2 heterocycles. The minimum atomic E-state index is -3.51. The molecule has 0 saturated carbocycles. The number of benzene rings is 1. The van der Waals surface area contributed by atoms with Crippen LogP contribution in [0.15, 0.2) is 21.5 Å². The predicted octanol–water partition coefficient (Wildman–Crippen LogP) is 1.81. The minimum Gasteiger partial charge on any atom is -0.474 e. The number of rotatable bonds is 3. The highest BCUT2D eigenvalue weighted by Crippen LogP contribution is 2.39. The van der Waals surface area contributed by atoms with Gasteiger partial charge in [0.25, 0.3) is 0 Å². The molecule has 5 rings (SSSR count). The van der Waals surface area contributed by atoms with E-state index in [-0.39, 0.29) is 16.9 Å². The van der Waals surface area contributed by atoms with Crippen LogP contribution in [0, 0.1) is 0 Å². The van der Waals surface area contributed by atoms with E-state index in [0.29, 0.717) is 13.2 Å². The zero-order valence-corrected chi connectivity index (χ0v) is 17.0. The number of nitrogens with one attached hydrogen (secondary N) is 1. The summed E-state index contributed by atoms with van der Waals surface area (Å²) in [4.78, 5) is 12.8. The fourth-order valence-electron chi connectivity index (χ4n) is 4.29. The lowest BCUT2D eigenvalue weighted by atomic mass is 9.83. The van der Waals surface area contributed by atoms with Crippen LogP contribution in [0.25, 0.3) is 0 Å². The molecule has 2 atom stereocenters. The molecule has 29 heavy (non-hydrogen) atoms. The first kappa shape index (κ1) is 18.6. The molecular weight excluding hydrogens is 394 g/mol. The number of fused-ring (bicyclic) bond motifs is 3. The average Bonchev–Trinajstić information content (AvgIpc) is 3.30. The van der Waals surface area contributed by atoms with Gasteiger partial charge in [0.2, 0.25) is 5.88 Å². The van der Waals surface area contributed by atoms with Gasteiger partial charge >= 0.3 is 6.03 Å². The first-order valence-corrected chi connectivity index (χ1v) is 11.3. The summed E-state index contributed by atoms with van der Waals surface area (Å²) in [5.74, 6) is 0.270. The third-order valence-electron chi connectivity index (χ3n) is 5.89. The highest BCUT2D eigenvalue weighted by Gasteiger charge is 2.29. The fraction of sp³-hybridized carbons (Fsp3) is 0.474. The smallest absolute Gasteiger partial charge is 0.354 e. The van der Waals surface area contributed by atoms with Crippen molar-refractivity contribution in [2.45, 2.75) is 49.6 Å². The topological polar surface area (TPSA) is 121 Å². The van der Waals surface area contributed by atoms with Crippen molar-refractivity contribution in [1.29, 1.82) is 0 Å². The van der Waals surface area contributed by atoms with Gasteiger partial charge < -0.3 is 14.8 Å². The highest BCUT2D eigenvalue weighted by molar-refractivity contribution is 7.91. The van der Waals surface area contributed by atoms with E-state index in [4.69, 9.17) is 14.6 Å². The van der Waals surface area contributed by atoms with E-state index in [1.54, 1.807) is 7.11 Å². The Bertz CT molecular complexity index is 1130. The second kappa shape index (κ2) is 6.82. The fourth-order valence-corrected chi connectivity index (χ4v) is 5.29. The van der Waals surface area contributed by atoms with Crippen LogP contribution in [0.1, 0.15) is 28.7 Å². The number of aryl methyl sites for hydroxylation is 2. The van der Waals surface area contributed by atoms with Gasteiger partial charge in [0.1, 0.15) is 17.6 Å². The van der Waals surface area contributed by atoms with Crippen LogP contribution >= 0.6 is 0 Å². The van der Waals surface area contributed by atoms with Crippen LogP contribution in [-0.2, 0) is 46.9 Å². The van der Waals surface area contributed by atoms with Crippen molar-refractivity contribution in [2.24, 2.45) is 9.50 Å². The van der Waals surface area contributed by atoms with E-state index in [2.05, 4.69) is 20.8 Å². The van der Waals surface area contributed by atoms with Crippen molar-refractivity contribution in [2.75, 3.05) is 19.0 Å². The van der Waals surface area contributed by atoms with E-state index in [9.17, 15) is 9.00 Å². The van der Waals surface area contributed by atoms with E-state index in [1.807, 2.05) is 0 Å². The van der Waals surface area contributed by atoms with Crippen molar-refractivity contribution in [3.8, 4) is 5.88 Å². The summed E-state index contributed by atoms with van der Waals surface area (Å²) in [6, 6.07) is 1.54. The third kappa shape index (κ3) is 3.11.